The molecule has 11 nitrogen and oxygen atoms in total. The van der Waals surface area contributed by atoms with Gasteiger partial charge in [-0.2, -0.15) is 0 Å². The monoisotopic (exact) mass is 604 g/mol. The third-order valence-corrected chi connectivity index (χ3v) is 8.85. The molecule has 2 aromatic heterocycles. The van der Waals surface area contributed by atoms with Crippen LogP contribution in [-0.2, 0) is 16.8 Å². The Morgan fingerprint density at radius 3 is 2.47 bits per heavy atom. The van der Waals surface area contributed by atoms with Crippen LogP contribution < -0.4 is 20.9 Å². The summed E-state index contributed by atoms with van der Waals surface area (Å²) in [5.74, 6) is 1.19. The highest BCUT2D eigenvalue weighted by Gasteiger charge is 2.33. The van der Waals surface area contributed by atoms with E-state index in [2.05, 4.69) is 49.9 Å². The molecule has 0 spiro atoms. The van der Waals surface area contributed by atoms with E-state index < -0.39 is 0 Å². The number of hydrogen-bond donors (Lipinski definition) is 3. The zero-order chi connectivity index (χ0) is 31.0. The summed E-state index contributed by atoms with van der Waals surface area (Å²) in [6.45, 7) is 8.96. The quantitative estimate of drug-likeness (QED) is 0.289. The van der Waals surface area contributed by atoms with Gasteiger partial charge >= 0.3 is 0 Å². The van der Waals surface area contributed by atoms with Crippen LogP contribution in [0.5, 0.6) is 0 Å². The Balaban J connectivity index is 1.08. The second-order valence-corrected chi connectivity index (χ2v) is 12.0. The van der Waals surface area contributed by atoms with Crippen LogP contribution in [0.3, 0.4) is 0 Å². The van der Waals surface area contributed by atoms with Gasteiger partial charge in [0.2, 0.25) is 0 Å². The van der Waals surface area contributed by atoms with Gasteiger partial charge in [-0.1, -0.05) is 25.1 Å². The Hall–Kier alpha value is -5.00. The SMILES string of the molecule is Cc1c(NC(=O)c2ccc(C3(C)CNC3)cc2)cccc1N1C=C(Nc2ccc(C(=O)N3CCOCC3)cn2)c2nccn2C1. The van der Waals surface area contributed by atoms with Crippen molar-refractivity contribution in [1.29, 1.82) is 0 Å². The van der Waals surface area contributed by atoms with Crippen LogP contribution in [0.4, 0.5) is 17.2 Å². The molecule has 3 aliphatic heterocycles. The summed E-state index contributed by atoms with van der Waals surface area (Å²) in [6, 6.07) is 17.4. The van der Waals surface area contributed by atoms with Gasteiger partial charge in [0.15, 0.2) is 5.82 Å². The Labute approximate surface area is 261 Å². The molecule has 2 saturated heterocycles. The molecule has 0 atom stereocenters. The number of rotatable bonds is 7. The molecule has 5 heterocycles. The first-order valence-electron chi connectivity index (χ1n) is 15.2. The molecule has 3 aliphatic rings. The first-order valence-corrected chi connectivity index (χ1v) is 15.2. The number of nitrogens with one attached hydrogen (secondary N) is 3. The molecule has 4 aromatic rings. The van der Waals surface area contributed by atoms with E-state index in [0.29, 0.717) is 49.9 Å². The molecule has 7 rings (SSSR count). The zero-order valence-electron chi connectivity index (χ0n) is 25.4. The number of benzene rings is 2. The fourth-order valence-electron chi connectivity index (χ4n) is 5.99. The van der Waals surface area contributed by atoms with Crippen LogP contribution >= 0.6 is 0 Å². The number of carbonyl (C=O) groups excluding carboxylic acids is 2. The Kier molecular flexibility index (Phi) is 7.56. The molecule has 3 N–H and O–H groups in total. The molecule has 2 fully saturated rings. The van der Waals surface area contributed by atoms with E-state index >= 15 is 0 Å². The van der Waals surface area contributed by atoms with E-state index in [9.17, 15) is 9.59 Å². The standard InChI is InChI=1S/C34H36N8O3/c1-23-27(39-32(43)24-6-9-26(10-7-24)34(2)20-35-21-34)4-3-5-29(23)42-19-28(31-36-12-13-41(31)22-42)38-30-11-8-25(18-37-30)33(44)40-14-16-45-17-15-40/h3-13,18-19,35H,14-17,20-22H2,1-2H3,(H,37,38)(H,39,43). The number of carbonyl (C=O) groups is 2. The molecular weight excluding hydrogens is 568 g/mol. The first kappa shape index (κ1) is 28.8. The predicted octanol–water partition coefficient (Wildman–Crippen LogP) is 4.06. The van der Waals surface area contributed by atoms with Crippen molar-refractivity contribution in [1.82, 2.24) is 24.8 Å². The molecule has 230 valence electrons. The largest absolute Gasteiger partial charge is 0.378 e. The highest BCUT2D eigenvalue weighted by molar-refractivity contribution is 6.05. The second-order valence-electron chi connectivity index (χ2n) is 12.0. The van der Waals surface area contributed by atoms with Gasteiger partial charge in [-0.25, -0.2) is 9.97 Å². The van der Waals surface area contributed by atoms with Gasteiger partial charge in [0.05, 0.1) is 24.5 Å². The molecule has 2 aromatic carbocycles. The van der Waals surface area contributed by atoms with Gasteiger partial charge in [0.1, 0.15) is 12.5 Å². The smallest absolute Gasteiger partial charge is 0.255 e. The first-order chi connectivity index (χ1) is 21.9. The lowest BCUT2D eigenvalue weighted by atomic mass is 9.77. The zero-order valence-corrected chi connectivity index (χ0v) is 25.4. The van der Waals surface area contributed by atoms with Crippen molar-refractivity contribution in [2.75, 3.05) is 54.9 Å². The Morgan fingerprint density at radius 1 is 0.978 bits per heavy atom. The van der Waals surface area contributed by atoms with Gasteiger partial charge in [-0.3, -0.25) is 9.59 Å². The van der Waals surface area contributed by atoms with Crippen molar-refractivity contribution in [2.24, 2.45) is 0 Å². The summed E-state index contributed by atoms with van der Waals surface area (Å²) in [5, 5.41) is 9.83. The van der Waals surface area contributed by atoms with Gasteiger partial charge in [0, 0.05) is 73.3 Å². The number of aromatic nitrogens is 3. The molecule has 0 unspecified atom stereocenters. The average Bonchev–Trinajstić information content (AvgIpc) is 3.54. The summed E-state index contributed by atoms with van der Waals surface area (Å²) in [5.41, 5.74) is 5.94. The normalized spacial score (nSPS) is 17.2. The molecule has 0 bridgehead atoms. The summed E-state index contributed by atoms with van der Waals surface area (Å²) in [4.78, 5) is 39.1. The van der Waals surface area contributed by atoms with Crippen LogP contribution in [0, 0.1) is 6.92 Å². The number of morpholine rings is 1. The number of imidazole rings is 1. The second kappa shape index (κ2) is 11.8. The summed E-state index contributed by atoms with van der Waals surface area (Å²) in [7, 11) is 0. The molecule has 0 saturated carbocycles. The van der Waals surface area contributed by atoms with Crippen molar-refractivity contribution in [3.8, 4) is 0 Å². The molecular formula is C34H36N8O3. The maximum absolute atomic E-state index is 13.2. The van der Waals surface area contributed by atoms with E-state index in [1.807, 2.05) is 54.2 Å². The minimum Gasteiger partial charge on any atom is -0.378 e. The lowest BCUT2D eigenvalue weighted by Gasteiger charge is -2.40. The fraction of sp³-hybridized carbons (Fsp3) is 0.294. The number of nitrogens with zero attached hydrogens (tertiary/aromatic N) is 5. The third-order valence-electron chi connectivity index (χ3n) is 8.85. The van der Waals surface area contributed by atoms with Crippen LogP contribution in [0.15, 0.2) is 79.4 Å². The van der Waals surface area contributed by atoms with Gasteiger partial charge < -0.3 is 35.1 Å². The highest BCUT2D eigenvalue weighted by Crippen LogP contribution is 2.32. The fourth-order valence-corrected chi connectivity index (χ4v) is 5.99. The van der Waals surface area contributed by atoms with Crippen LogP contribution in [-0.4, -0.2) is 70.6 Å². The lowest BCUT2D eigenvalue weighted by molar-refractivity contribution is 0.0302. The van der Waals surface area contributed by atoms with Gasteiger partial charge in [-0.15, -0.1) is 0 Å². The molecule has 45 heavy (non-hydrogen) atoms. The van der Waals surface area contributed by atoms with Crippen molar-refractivity contribution in [3.05, 3.63) is 107 Å². The summed E-state index contributed by atoms with van der Waals surface area (Å²) < 4.78 is 7.41. The number of hydrogen-bond acceptors (Lipinski definition) is 8. The molecule has 2 amide bonds. The number of anilines is 3. The topological polar surface area (TPSA) is 117 Å². The summed E-state index contributed by atoms with van der Waals surface area (Å²) in [6.07, 6.45) is 7.30. The average molecular weight is 605 g/mol. The number of amides is 2. The number of pyridine rings is 1. The summed E-state index contributed by atoms with van der Waals surface area (Å²) >= 11 is 0. The predicted molar refractivity (Wildman–Crippen MR) is 173 cm³/mol. The van der Waals surface area contributed by atoms with E-state index in [0.717, 1.165) is 41.5 Å². The lowest BCUT2D eigenvalue weighted by Crippen LogP contribution is -2.54. The highest BCUT2D eigenvalue weighted by atomic mass is 16.5. The van der Waals surface area contributed by atoms with E-state index in [-0.39, 0.29) is 17.2 Å². The van der Waals surface area contributed by atoms with Crippen molar-refractivity contribution in [2.45, 2.75) is 25.9 Å². The third kappa shape index (κ3) is 5.67. The maximum atomic E-state index is 13.2. The van der Waals surface area contributed by atoms with E-state index in [1.54, 1.807) is 29.4 Å². The van der Waals surface area contributed by atoms with Crippen molar-refractivity contribution in [3.63, 3.8) is 0 Å². The van der Waals surface area contributed by atoms with Crippen LogP contribution in [0.25, 0.3) is 5.70 Å². The molecule has 11 heteroatoms. The minimum atomic E-state index is -0.145. The molecule has 0 aliphatic carbocycles. The number of ether oxygens (including phenoxy) is 1. The number of fused-ring (bicyclic) bond motifs is 1. The maximum Gasteiger partial charge on any atom is 0.255 e. The van der Waals surface area contributed by atoms with E-state index in [4.69, 9.17) is 4.74 Å². The van der Waals surface area contributed by atoms with Crippen molar-refractivity contribution >= 4 is 34.7 Å². The van der Waals surface area contributed by atoms with E-state index in [1.165, 1.54) is 5.56 Å². The van der Waals surface area contributed by atoms with Crippen LogP contribution in [0.2, 0.25) is 0 Å². The Bertz CT molecular complexity index is 1750. The Morgan fingerprint density at radius 2 is 1.76 bits per heavy atom. The van der Waals surface area contributed by atoms with Crippen LogP contribution in [0.1, 0.15) is 44.6 Å². The minimum absolute atomic E-state index is 0.0454. The van der Waals surface area contributed by atoms with Gasteiger partial charge in [0.25, 0.3) is 11.8 Å². The molecule has 0 radical (unpaired) electrons. The van der Waals surface area contributed by atoms with Gasteiger partial charge in [-0.05, 0) is 54.4 Å². The van der Waals surface area contributed by atoms with Crippen molar-refractivity contribution < 1.29 is 14.3 Å².